The molecule has 4 nitrogen and oxygen atoms in total. The van der Waals surface area contributed by atoms with Gasteiger partial charge in [-0.1, -0.05) is 0 Å². The molecule has 0 bridgehead atoms. The fraction of sp³-hybridized carbons (Fsp3) is 0.444. The van der Waals surface area contributed by atoms with Crippen LogP contribution in [0.3, 0.4) is 0 Å². The second-order valence-electron chi connectivity index (χ2n) is 6.59. The quantitative estimate of drug-likeness (QED) is 0.878. The Hall–Kier alpha value is -1.43. The van der Waals surface area contributed by atoms with Crippen LogP contribution in [0, 0.1) is 5.82 Å². The minimum Gasteiger partial charge on any atom is -0.337 e. The highest BCUT2D eigenvalue weighted by molar-refractivity contribution is 6.06. The predicted octanol–water partition coefficient (Wildman–Crippen LogP) is 3.53. The second kappa shape index (κ2) is 7.85. The summed E-state index contributed by atoms with van der Waals surface area (Å²) in [6, 6.07) is 6.58. The fourth-order valence-electron chi connectivity index (χ4n) is 3.31. The molecule has 1 saturated heterocycles. The van der Waals surface area contributed by atoms with E-state index in [0.717, 1.165) is 38.0 Å². The van der Waals surface area contributed by atoms with Gasteiger partial charge in [-0.2, -0.15) is 0 Å². The lowest BCUT2D eigenvalue weighted by Crippen LogP contribution is -2.38. The average Bonchev–Trinajstić information content (AvgIpc) is 3.27. The second-order valence-corrected chi connectivity index (χ2v) is 6.59. The third-order valence-corrected chi connectivity index (χ3v) is 4.92. The predicted molar refractivity (Wildman–Crippen MR) is 102 cm³/mol. The molecule has 4 rings (SSSR count). The van der Waals surface area contributed by atoms with E-state index in [2.05, 4.69) is 10.3 Å². The monoisotopic (exact) mass is 385 g/mol. The number of pyridine rings is 1. The Morgan fingerprint density at radius 1 is 1.24 bits per heavy atom. The molecule has 1 aliphatic carbocycles. The summed E-state index contributed by atoms with van der Waals surface area (Å²) in [5.74, 6) is 0.0748. The number of hydrogen-bond donors (Lipinski definition) is 1. The molecule has 136 valence electrons. The zero-order valence-corrected chi connectivity index (χ0v) is 15.6. The number of fused-ring (bicyclic) bond motifs is 1. The number of halogens is 3. The number of hydrogen-bond acceptors (Lipinski definition) is 3. The highest BCUT2D eigenvalue weighted by Crippen LogP contribution is 2.40. The molecule has 7 heteroatoms. The van der Waals surface area contributed by atoms with Crippen LogP contribution in [0.4, 0.5) is 4.39 Å². The van der Waals surface area contributed by atoms with Gasteiger partial charge >= 0.3 is 0 Å². The molecule has 2 aromatic rings. The molecule has 1 amide bonds. The largest absolute Gasteiger partial charge is 0.337 e. The summed E-state index contributed by atoms with van der Waals surface area (Å²) in [6.07, 6.45) is 3.19. The van der Waals surface area contributed by atoms with Crippen LogP contribution in [0.15, 0.2) is 24.3 Å². The molecule has 2 aliphatic rings. The minimum absolute atomic E-state index is 0. The van der Waals surface area contributed by atoms with E-state index >= 15 is 0 Å². The fourth-order valence-corrected chi connectivity index (χ4v) is 3.31. The summed E-state index contributed by atoms with van der Waals surface area (Å²) in [5, 5.41) is 3.89. The van der Waals surface area contributed by atoms with Crippen LogP contribution in [0.2, 0.25) is 0 Å². The Kier molecular flexibility index (Phi) is 6.25. The van der Waals surface area contributed by atoms with Crippen LogP contribution in [0.25, 0.3) is 10.9 Å². The molecule has 1 aliphatic heterocycles. The summed E-state index contributed by atoms with van der Waals surface area (Å²) < 4.78 is 13.7. The van der Waals surface area contributed by atoms with Crippen LogP contribution in [-0.2, 0) is 0 Å². The number of amides is 1. The van der Waals surface area contributed by atoms with Crippen LogP contribution >= 0.6 is 24.8 Å². The highest BCUT2D eigenvalue weighted by atomic mass is 35.5. The van der Waals surface area contributed by atoms with E-state index in [4.69, 9.17) is 0 Å². The number of carbonyl (C=O) groups excluding carboxylic acids is 1. The van der Waals surface area contributed by atoms with Crippen molar-refractivity contribution in [2.45, 2.75) is 31.2 Å². The minimum atomic E-state index is -0.335. The zero-order valence-electron chi connectivity index (χ0n) is 14.0. The Bertz CT molecular complexity index is 776. The van der Waals surface area contributed by atoms with E-state index in [0.29, 0.717) is 22.4 Å². The maximum absolute atomic E-state index is 13.7. The van der Waals surface area contributed by atoms with E-state index < -0.39 is 0 Å². The molecular weight excluding hydrogens is 364 g/mol. The van der Waals surface area contributed by atoms with E-state index in [1.807, 2.05) is 13.1 Å². The molecule has 1 aromatic carbocycles. The molecule has 25 heavy (non-hydrogen) atoms. The topological polar surface area (TPSA) is 45.2 Å². The summed E-state index contributed by atoms with van der Waals surface area (Å²) in [7, 11) is 1.84. The van der Waals surface area contributed by atoms with Crippen molar-refractivity contribution < 1.29 is 9.18 Å². The Morgan fingerprint density at radius 3 is 2.64 bits per heavy atom. The van der Waals surface area contributed by atoms with Gasteiger partial charge in [0.25, 0.3) is 5.91 Å². The van der Waals surface area contributed by atoms with Crippen LogP contribution in [0.5, 0.6) is 0 Å². The van der Waals surface area contributed by atoms with Crippen molar-refractivity contribution in [3.05, 3.63) is 41.3 Å². The number of aromatic nitrogens is 1. The Labute approximate surface area is 159 Å². The average molecular weight is 386 g/mol. The van der Waals surface area contributed by atoms with Gasteiger partial charge in [0.2, 0.25) is 0 Å². The molecular formula is C18H22Cl2FN3O. The lowest BCUT2D eigenvalue weighted by atomic mass is 10.0. The first-order valence-electron chi connectivity index (χ1n) is 8.21. The summed E-state index contributed by atoms with van der Waals surface area (Å²) in [4.78, 5) is 19.4. The molecule has 0 spiro atoms. The van der Waals surface area contributed by atoms with Crippen molar-refractivity contribution in [2.75, 3.05) is 20.1 Å². The third kappa shape index (κ3) is 3.89. The van der Waals surface area contributed by atoms with E-state index in [1.54, 1.807) is 11.0 Å². The number of rotatable bonds is 3. The number of nitrogens with zero attached hydrogens (tertiary/aromatic N) is 2. The van der Waals surface area contributed by atoms with Gasteiger partial charge in [0.1, 0.15) is 5.82 Å². The van der Waals surface area contributed by atoms with Crippen molar-refractivity contribution in [3.63, 3.8) is 0 Å². The number of carbonyl (C=O) groups is 1. The van der Waals surface area contributed by atoms with Gasteiger partial charge in [0.05, 0.1) is 11.1 Å². The Balaban J connectivity index is 0.00000113. The lowest BCUT2D eigenvalue weighted by molar-refractivity contribution is 0.0745. The first-order valence-corrected chi connectivity index (χ1v) is 8.21. The maximum Gasteiger partial charge on any atom is 0.254 e. The van der Waals surface area contributed by atoms with E-state index in [9.17, 15) is 9.18 Å². The first kappa shape index (κ1) is 19.9. The van der Waals surface area contributed by atoms with Crippen molar-refractivity contribution >= 4 is 41.6 Å². The smallest absolute Gasteiger partial charge is 0.254 e. The maximum atomic E-state index is 13.7. The molecule has 1 unspecified atom stereocenters. The van der Waals surface area contributed by atoms with Crippen LogP contribution in [-0.4, -0.2) is 42.0 Å². The standard InChI is InChI=1S/C18H20FN3O.2ClH/c1-22(13-6-7-20-10-13)18(23)15-9-17(11-2-3-11)21-16-5-4-12(19)8-14(15)16;;/h4-5,8-9,11,13,20H,2-3,6-7,10H2,1H3;2*1H. The summed E-state index contributed by atoms with van der Waals surface area (Å²) >= 11 is 0. The van der Waals surface area contributed by atoms with Crippen LogP contribution < -0.4 is 5.32 Å². The zero-order chi connectivity index (χ0) is 16.0. The summed E-state index contributed by atoms with van der Waals surface area (Å²) in [6.45, 7) is 1.75. The van der Waals surface area contributed by atoms with Gasteiger partial charge in [-0.3, -0.25) is 9.78 Å². The SMILES string of the molecule is CN(C(=O)c1cc(C2CC2)nc2ccc(F)cc12)C1CCNC1.Cl.Cl. The normalized spacial score (nSPS) is 19.2. The molecule has 1 N–H and O–H groups in total. The van der Waals surface area contributed by atoms with Crippen molar-refractivity contribution in [3.8, 4) is 0 Å². The lowest BCUT2D eigenvalue weighted by Gasteiger charge is -2.24. The van der Waals surface area contributed by atoms with Gasteiger partial charge in [-0.25, -0.2) is 4.39 Å². The molecule has 2 fully saturated rings. The van der Waals surface area contributed by atoms with Gasteiger partial charge in [0, 0.05) is 36.6 Å². The Morgan fingerprint density at radius 2 is 2.00 bits per heavy atom. The first-order chi connectivity index (χ1) is 11.1. The number of nitrogens with one attached hydrogen (secondary N) is 1. The van der Waals surface area contributed by atoms with Gasteiger partial charge in [-0.05, 0) is 50.1 Å². The van der Waals surface area contributed by atoms with Crippen molar-refractivity contribution in [2.24, 2.45) is 0 Å². The highest BCUT2D eigenvalue weighted by Gasteiger charge is 2.29. The number of benzene rings is 1. The molecule has 2 heterocycles. The van der Waals surface area contributed by atoms with E-state index in [-0.39, 0.29) is 42.6 Å². The van der Waals surface area contributed by atoms with Gasteiger partial charge < -0.3 is 10.2 Å². The van der Waals surface area contributed by atoms with Crippen LogP contribution in [0.1, 0.15) is 41.2 Å². The van der Waals surface area contributed by atoms with Crippen molar-refractivity contribution in [1.29, 1.82) is 0 Å². The van der Waals surface area contributed by atoms with Gasteiger partial charge in [-0.15, -0.1) is 24.8 Å². The third-order valence-electron chi connectivity index (χ3n) is 4.92. The number of likely N-dealkylation sites (N-methyl/N-ethyl adjacent to an activating group) is 1. The molecule has 0 radical (unpaired) electrons. The van der Waals surface area contributed by atoms with Gasteiger partial charge in [0.15, 0.2) is 0 Å². The summed E-state index contributed by atoms with van der Waals surface area (Å²) in [5.41, 5.74) is 2.24. The van der Waals surface area contributed by atoms with E-state index in [1.165, 1.54) is 12.1 Å². The molecule has 1 saturated carbocycles. The molecule has 1 atom stereocenters. The van der Waals surface area contributed by atoms with Crippen molar-refractivity contribution in [1.82, 2.24) is 15.2 Å². The molecule has 1 aromatic heterocycles.